The molecular formula is C15H14FNO4. The molecule has 0 unspecified atom stereocenters. The second-order valence-electron chi connectivity index (χ2n) is 4.16. The maximum absolute atomic E-state index is 13.9. The highest BCUT2D eigenvalue weighted by molar-refractivity contribution is 5.95. The standard InChI is InChI=1S/C15H14FNO4/c1-20-9-6-7-12(13(8-9)21-2)17-14-10(15(18)19)4-3-5-11(14)16/h3-8,17H,1-2H3,(H,18,19). The first-order valence-corrected chi connectivity index (χ1v) is 6.07. The van der Waals surface area contributed by atoms with Gasteiger partial charge >= 0.3 is 5.97 Å². The van der Waals surface area contributed by atoms with Gasteiger partial charge in [0, 0.05) is 6.07 Å². The molecule has 5 nitrogen and oxygen atoms in total. The molecule has 0 radical (unpaired) electrons. The van der Waals surface area contributed by atoms with Crippen molar-refractivity contribution >= 4 is 17.3 Å². The van der Waals surface area contributed by atoms with E-state index in [2.05, 4.69) is 5.32 Å². The number of nitrogens with one attached hydrogen (secondary N) is 1. The quantitative estimate of drug-likeness (QED) is 0.884. The van der Waals surface area contributed by atoms with Crippen molar-refractivity contribution in [2.75, 3.05) is 19.5 Å². The van der Waals surface area contributed by atoms with E-state index in [1.54, 1.807) is 18.2 Å². The summed E-state index contributed by atoms with van der Waals surface area (Å²) in [5.41, 5.74) is 0.159. The predicted octanol–water partition coefficient (Wildman–Crippen LogP) is 3.28. The van der Waals surface area contributed by atoms with E-state index in [9.17, 15) is 9.18 Å². The SMILES string of the molecule is COc1ccc(Nc2c(F)cccc2C(=O)O)c(OC)c1. The largest absolute Gasteiger partial charge is 0.497 e. The summed E-state index contributed by atoms with van der Waals surface area (Å²) in [5, 5.41) is 11.9. The Morgan fingerprint density at radius 2 is 1.95 bits per heavy atom. The van der Waals surface area contributed by atoms with Gasteiger partial charge < -0.3 is 19.9 Å². The Bertz CT molecular complexity index is 673. The molecular weight excluding hydrogens is 277 g/mol. The Morgan fingerprint density at radius 1 is 1.19 bits per heavy atom. The van der Waals surface area contributed by atoms with Crippen molar-refractivity contribution < 1.29 is 23.8 Å². The van der Waals surface area contributed by atoms with E-state index in [0.29, 0.717) is 17.2 Å². The number of carboxylic acids is 1. The molecule has 0 spiro atoms. The number of halogens is 1. The molecule has 21 heavy (non-hydrogen) atoms. The highest BCUT2D eigenvalue weighted by atomic mass is 19.1. The fraction of sp³-hybridized carbons (Fsp3) is 0.133. The van der Waals surface area contributed by atoms with Crippen molar-refractivity contribution in [1.82, 2.24) is 0 Å². The summed E-state index contributed by atoms with van der Waals surface area (Å²) in [6.45, 7) is 0. The highest BCUT2D eigenvalue weighted by Gasteiger charge is 2.16. The molecule has 0 saturated carbocycles. The van der Waals surface area contributed by atoms with Crippen LogP contribution in [0.3, 0.4) is 0 Å². The molecule has 2 aromatic rings. The molecule has 0 atom stereocenters. The third-order valence-corrected chi connectivity index (χ3v) is 2.91. The third-order valence-electron chi connectivity index (χ3n) is 2.91. The van der Waals surface area contributed by atoms with Crippen molar-refractivity contribution in [3.63, 3.8) is 0 Å². The molecule has 0 aliphatic carbocycles. The minimum absolute atomic E-state index is 0.117. The average Bonchev–Trinajstić information content (AvgIpc) is 2.49. The van der Waals surface area contributed by atoms with Gasteiger partial charge in [0.2, 0.25) is 0 Å². The Labute approximate surface area is 120 Å². The lowest BCUT2D eigenvalue weighted by Gasteiger charge is -2.14. The van der Waals surface area contributed by atoms with Crippen molar-refractivity contribution in [3.8, 4) is 11.5 Å². The summed E-state index contributed by atoms with van der Waals surface area (Å²) in [7, 11) is 2.97. The summed E-state index contributed by atoms with van der Waals surface area (Å²) < 4.78 is 24.1. The van der Waals surface area contributed by atoms with E-state index in [-0.39, 0.29) is 11.3 Å². The Morgan fingerprint density at radius 3 is 2.57 bits per heavy atom. The molecule has 2 rings (SSSR count). The van der Waals surface area contributed by atoms with E-state index in [1.165, 1.54) is 32.4 Å². The van der Waals surface area contributed by atoms with Crippen LogP contribution < -0.4 is 14.8 Å². The fourth-order valence-corrected chi connectivity index (χ4v) is 1.87. The lowest BCUT2D eigenvalue weighted by Crippen LogP contribution is -2.05. The summed E-state index contributed by atoms with van der Waals surface area (Å²) in [6, 6.07) is 8.75. The number of hydrogen-bond acceptors (Lipinski definition) is 4. The number of rotatable bonds is 5. The van der Waals surface area contributed by atoms with Crippen LogP contribution in [0.1, 0.15) is 10.4 Å². The Balaban J connectivity index is 2.45. The molecule has 2 aromatic carbocycles. The zero-order valence-corrected chi connectivity index (χ0v) is 11.5. The van der Waals surface area contributed by atoms with E-state index >= 15 is 0 Å². The van der Waals surface area contributed by atoms with Crippen molar-refractivity contribution in [2.24, 2.45) is 0 Å². The van der Waals surface area contributed by atoms with E-state index in [4.69, 9.17) is 14.6 Å². The van der Waals surface area contributed by atoms with Gasteiger partial charge in [-0.2, -0.15) is 0 Å². The lowest BCUT2D eigenvalue weighted by atomic mass is 10.1. The predicted molar refractivity (Wildman–Crippen MR) is 76.2 cm³/mol. The minimum Gasteiger partial charge on any atom is -0.497 e. The molecule has 0 aliphatic heterocycles. The van der Waals surface area contributed by atoms with Crippen LogP contribution in [0.2, 0.25) is 0 Å². The van der Waals surface area contributed by atoms with Gasteiger partial charge in [-0.1, -0.05) is 6.07 Å². The zero-order chi connectivity index (χ0) is 15.4. The van der Waals surface area contributed by atoms with Gasteiger partial charge in [0.05, 0.1) is 31.2 Å². The van der Waals surface area contributed by atoms with E-state index < -0.39 is 11.8 Å². The van der Waals surface area contributed by atoms with Crippen LogP contribution in [0.25, 0.3) is 0 Å². The van der Waals surface area contributed by atoms with Gasteiger partial charge in [0.25, 0.3) is 0 Å². The number of anilines is 2. The van der Waals surface area contributed by atoms with Crippen LogP contribution in [0.15, 0.2) is 36.4 Å². The molecule has 6 heteroatoms. The topological polar surface area (TPSA) is 67.8 Å². The second-order valence-corrected chi connectivity index (χ2v) is 4.16. The monoisotopic (exact) mass is 291 g/mol. The molecule has 0 heterocycles. The summed E-state index contributed by atoms with van der Waals surface area (Å²) in [5.74, 6) is -0.893. The van der Waals surface area contributed by atoms with Gasteiger partial charge in [-0.3, -0.25) is 0 Å². The van der Waals surface area contributed by atoms with Crippen molar-refractivity contribution in [3.05, 3.63) is 47.8 Å². The Hall–Kier alpha value is -2.76. The molecule has 2 N–H and O–H groups in total. The van der Waals surface area contributed by atoms with Crippen LogP contribution in [-0.4, -0.2) is 25.3 Å². The van der Waals surface area contributed by atoms with Gasteiger partial charge in [-0.05, 0) is 24.3 Å². The number of para-hydroxylation sites is 1. The molecule has 0 aromatic heterocycles. The molecule has 0 saturated heterocycles. The first-order chi connectivity index (χ1) is 10.1. The number of methoxy groups -OCH3 is 2. The lowest BCUT2D eigenvalue weighted by molar-refractivity contribution is 0.0697. The number of carbonyl (C=O) groups is 1. The third kappa shape index (κ3) is 3.05. The molecule has 0 amide bonds. The maximum Gasteiger partial charge on any atom is 0.337 e. The molecule has 0 fully saturated rings. The summed E-state index contributed by atoms with van der Waals surface area (Å²) in [4.78, 5) is 11.2. The number of hydrogen-bond donors (Lipinski definition) is 2. The summed E-state index contributed by atoms with van der Waals surface area (Å²) >= 11 is 0. The van der Waals surface area contributed by atoms with Gasteiger partial charge in [-0.25, -0.2) is 9.18 Å². The van der Waals surface area contributed by atoms with Crippen molar-refractivity contribution in [2.45, 2.75) is 0 Å². The minimum atomic E-state index is -1.22. The highest BCUT2D eigenvalue weighted by Crippen LogP contribution is 2.33. The number of carboxylic acid groups (broad SMARTS) is 1. The van der Waals surface area contributed by atoms with Crippen LogP contribution in [0, 0.1) is 5.82 Å². The average molecular weight is 291 g/mol. The smallest absolute Gasteiger partial charge is 0.337 e. The molecule has 0 bridgehead atoms. The van der Waals surface area contributed by atoms with Gasteiger partial charge in [-0.15, -0.1) is 0 Å². The van der Waals surface area contributed by atoms with Crippen LogP contribution in [0.5, 0.6) is 11.5 Å². The molecule has 0 aliphatic rings. The van der Waals surface area contributed by atoms with Gasteiger partial charge in [0.15, 0.2) is 0 Å². The first-order valence-electron chi connectivity index (χ1n) is 6.07. The normalized spacial score (nSPS) is 10.0. The van der Waals surface area contributed by atoms with E-state index in [0.717, 1.165) is 0 Å². The maximum atomic E-state index is 13.9. The first kappa shape index (κ1) is 14.6. The number of benzene rings is 2. The zero-order valence-electron chi connectivity index (χ0n) is 11.5. The summed E-state index contributed by atoms with van der Waals surface area (Å²) in [6.07, 6.45) is 0. The van der Waals surface area contributed by atoms with Crippen LogP contribution >= 0.6 is 0 Å². The molecule has 110 valence electrons. The number of ether oxygens (including phenoxy) is 2. The van der Waals surface area contributed by atoms with Crippen LogP contribution in [-0.2, 0) is 0 Å². The second kappa shape index (κ2) is 6.13. The van der Waals surface area contributed by atoms with Crippen LogP contribution in [0.4, 0.5) is 15.8 Å². The Kier molecular flexibility index (Phi) is 4.27. The van der Waals surface area contributed by atoms with Crippen molar-refractivity contribution in [1.29, 1.82) is 0 Å². The number of aromatic carboxylic acids is 1. The van der Waals surface area contributed by atoms with Gasteiger partial charge in [0.1, 0.15) is 17.3 Å². The van der Waals surface area contributed by atoms with E-state index in [1.807, 2.05) is 0 Å². The fourth-order valence-electron chi connectivity index (χ4n) is 1.87.